The Labute approximate surface area is 501 Å². The van der Waals surface area contributed by atoms with E-state index in [2.05, 4.69) is 61.9 Å². The number of halogens is 1. The van der Waals surface area contributed by atoms with E-state index in [1.807, 2.05) is 41.5 Å². The Morgan fingerprint density at radius 3 is 2.31 bits per heavy atom. The predicted octanol–water partition coefficient (Wildman–Crippen LogP) is 8.63. The van der Waals surface area contributed by atoms with Gasteiger partial charge >= 0.3 is 0 Å². The smallest absolute Gasteiger partial charge is 0.264 e. The lowest BCUT2D eigenvalue weighted by Gasteiger charge is -2.48. The molecule has 3 aromatic carbocycles. The standard InChI is InChI=1S/C66H79FN12O7/c1-37(2)69-60(81)47-32-52(49(67)28-39(47)5)72-59-58-53(68-36-77(58)38(3)4)33-51(71-59)41-14-17-48-55(29-41)78(45-30-44(31-45)75-23-7-6-8-24-75)65(86)66(48)21-26-76(27-22-66)62(83)42-20-25-74(35-42)34-40-12-15-43(16-13-40)70-50-11-9-10-46-57(50)64(85)79(63(46)84)54-18-19-56(80)73-61(54)82/h9-11,14,17,28-29,32-33,36-38,40,42-45,54,70H,6-8,12-13,15-16,18-27,30-31,34-35H2,1-5H3,(H,69,81)(H,71,72)(H,73,80,82)/t40?,42-,43?,44?,45?,54?/m0/s1. The minimum Gasteiger partial charge on any atom is -0.382 e. The molecule has 2 atom stereocenters. The lowest BCUT2D eigenvalue weighted by atomic mass is 9.73. The summed E-state index contributed by atoms with van der Waals surface area (Å²) in [4.78, 5) is 115. The first-order valence-corrected chi connectivity index (χ1v) is 31.5. The summed E-state index contributed by atoms with van der Waals surface area (Å²) in [5, 5.41) is 12.1. The molecule has 7 amide bonds. The van der Waals surface area contributed by atoms with E-state index in [0.29, 0.717) is 83.8 Å². The summed E-state index contributed by atoms with van der Waals surface area (Å²) in [5.41, 5.74) is 6.02. The number of likely N-dealkylation sites (tertiary alicyclic amines) is 3. The first kappa shape index (κ1) is 57.5. The third-order valence-corrected chi connectivity index (χ3v) is 20.1. The fourth-order valence-electron chi connectivity index (χ4n) is 15.4. The van der Waals surface area contributed by atoms with Gasteiger partial charge in [0.15, 0.2) is 5.82 Å². The van der Waals surface area contributed by atoms with Crippen LogP contribution in [0.1, 0.15) is 166 Å². The van der Waals surface area contributed by atoms with Gasteiger partial charge in [-0.2, -0.15) is 0 Å². The van der Waals surface area contributed by atoms with Crippen LogP contribution in [0.4, 0.5) is 27.3 Å². The van der Waals surface area contributed by atoms with Crippen LogP contribution in [-0.4, -0.2) is 152 Å². The minimum atomic E-state index is -1.02. The summed E-state index contributed by atoms with van der Waals surface area (Å²) in [6.07, 6.45) is 13.0. The van der Waals surface area contributed by atoms with Crippen molar-refractivity contribution in [2.24, 2.45) is 11.8 Å². The highest BCUT2D eigenvalue weighted by Crippen LogP contribution is 2.53. The van der Waals surface area contributed by atoms with Crippen molar-refractivity contribution in [3.8, 4) is 11.3 Å². The maximum Gasteiger partial charge on any atom is 0.264 e. The van der Waals surface area contributed by atoms with E-state index in [4.69, 9.17) is 9.97 Å². The molecule has 6 aliphatic heterocycles. The lowest BCUT2D eigenvalue weighted by Crippen LogP contribution is -2.58. The number of aryl methyl sites for hydroxylation is 1. The third kappa shape index (κ3) is 10.4. The highest BCUT2D eigenvalue weighted by Gasteiger charge is 2.56. The zero-order valence-electron chi connectivity index (χ0n) is 50.1. The highest BCUT2D eigenvalue weighted by molar-refractivity contribution is 6.25. The van der Waals surface area contributed by atoms with Gasteiger partial charge in [-0.05, 0) is 185 Å². The molecule has 1 unspecified atom stereocenters. The molecule has 86 heavy (non-hydrogen) atoms. The van der Waals surface area contributed by atoms with Gasteiger partial charge in [-0.25, -0.2) is 14.4 Å². The number of fused-ring (bicyclic) bond motifs is 4. The molecule has 0 bridgehead atoms. The first-order valence-electron chi connectivity index (χ1n) is 31.5. The van der Waals surface area contributed by atoms with Gasteiger partial charge in [-0.15, -0.1) is 0 Å². The Balaban J connectivity index is 0.684. The number of piperidine rings is 3. The lowest BCUT2D eigenvalue weighted by molar-refractivity contribution is -0.139. The highest BCUT2D eigenvalue weighted by atomic mass is 19.1. The number of aromatic nitrogens is 3. The van der Waals surface area contributed by atoms with Crippen molar-refractivity contribution in [2.75, 3.05) is 61.3 Å². The van der Waals surface area contributed by atoms with Crippen molar-refractivity contribution in [1.82, 2.24) is 44.8 Å². The number of anilines is 4. The van der Waals surface area contributed by atoms with Crippen LogP contribution in [0.15, 0.2) is 60.9 Å². The van der Waals surface area contributed by atoms with Crippen molar-refractivity contribution < 1.29 is 38.0 Å². The summed E-state index contributed by atoms with van der Waals surface area (Å²) in [6, 6.07) is 15.8. The number of carbonyl (C=O) groups excluding carboxylic acids is 7. The Hall–Kier alpha value is -7.58. The van der Waals surface area contributed by atoms with Gasteiger partial charge in [-0.3, -0.25) is 43.8 Å². The molecule has 8 heterocycles. The molecule has 4 N–H and O–H groups in total. The fraction of sp³-hybridized carbons (Fsp3) is 0.530. The van der Waals surface area contributed by atoms with Crippen molar-refractivity contribution in [1.29, 1.82) is 0 Å². The van der Waals surface area contributed by atoms with E-state index in [9.17, 15) is 28.8 Å². The Morgan fingerprint density at radius 1 is 0.814 bits per heavy atom. The second kappa shape index (κ2) is 22.9. The van der Waals surface area contributed by atoms with Gasteiger partial charge < -0.3 is 40.1 Å². The van der Waals surface area contributed by atoms with Gasteiger partial charge in [0.05, 0.1) is 45.7 Å². The quantitative estimate of drug-likeness (QED) is 0.0768. The van der Waals surface area contributed by atoms with E-state index in [-0.39, 0.29) is 77.5 Å². The third-order valence-electron chi connectivity index (χ3n) is 20.1. The molecule has 2 aromatic heterocycles. The zero-order valence-corrected chi connectivity index (χ0v) is 50.1. The zero-order chi connectivity index (χ0) is 59.9. The summed E-state index contributed by atoms with van der Waals surface area (Å²) in [6.45, 7) is 15.2. The number of carbonyl (C=O) groups is 7. The Bertz CT molecular complexity index is 3570. The number of benzene rings is 3. The van der Waals surface area contributed by atoms with E-state index < -0.39 is 40.9 Å². The topological polar surface area (TPSA) is 215 Å². The van der Waals surface area contributed by atoms with E-state index in [1.54, 1.807) is 31.5 Å². The molecule has 2 saturated carbocycles. The van der Waals surface area contributed by atoms with Crippen LogP contribution in [0.25, 0.3) is 22.3 Å². The van der Waals surface area contributed by atoms with Gasteiger partial charge in [0.25, 0.3) is 17.7 Å². The number of nitrogens with one attached hydrogen (secondary N) is 4. The molecule has 1 spiro atoms. The number of imidazole rings is 1. The molecule has 2 aliphatic carbocycles. The number of amides is 7. The van der Waals surface area contributed by atoms with Crippen molar-refractivity contribution in [3.05, 3.63) is 94.6 Å². The summed E-state index contributed by atoms with van der Waals surface area (Å²) in [7, 11) is 0. The van der Waals surface area contributed by atoms with Crippen LogP contribution in [0.5, 0.6) is 0 Å². The molecule has 6 fully saturated rings. The van der Waals surface area contributed by atoms with Gasteiger partial charge in [0.2, 0.25) is 23.6 Å². The summed E-state index contributed by atoms with van der Waals surface area (Å²) >= 11 is 0. The molecule has 0 radical (unpaired) electrons. The molecule has 452 valence electrons. The van der Waals surface area contributed by atoms with Crippen LogP contribution < -0.4 is 26.2 Å². The van der Waals surface area contributed by atoms with Crippen LogP contribution in [0.3, 0.4) is 0 Å². The molecule has 4 saturated heterocycles. The minimum absolute atomic E-state index is 0.0124. The van der Waals surface area contributed by atoms with E-state index in [1.165, 1.54) is 25.3 Å². The first-order chi connectivity index (χ1) is 41.4. The van der Waals surface area contributed by atoms with E-state index in [0.717, 1.165) is 92.8 Å². The maximum absolute atomic E-state index is 16.0. The monoisotopic (exact) mass is 1170 g/mol. The van der Waals surface area contributed by atoms with Crippen molar-refractivity contribution in [2.45, 2.75) is 166 Å². The molecule has 19 nitrogen and oxygen atoms in total. The Morgan fingerprint density at radius 2 is 1.58 bits per heavy atom. The number of nitrogens with zero attached hydrogens (tertiary/aromatic N) is 8. The molecule has 5 aromatic rings. The number of imide groups is 2. The number of hydrogen-bond donors (Lipinski definition) is 4. The predicted molar refractivity (Wildman–Crippen MR) is 325 cm³/mol. The molecule has 20 heteroatoms. The molecule has 8 aliphatic rings. The normalized spacial score (nSPS) is 25.1. The van der Waals surface area contributed by atoms with Crippen LogP contribution in [0, 0.1) is 24.6 Å². The van der Waals surface area contributed by atoms with E-state index >= 15 is 9.18 Å². The average Bonchev–Trinajstić information content (AvgIpc) is 1.60. The van der Waals surface area contributed by atoms with Crippen LogP contribution in [0.2, 0.25) is 0 Å². The SMILES string of the molecule is Cc1cc(F)c(Nc2nc(-c3ccc4c(c3)N(C3CC(N5CCCCC5)C3)C(=O)C43CCN(C(=O)[C@H]4CCN(CC5CCC(Nc6cccc7c6C(=O)N(C6CCC(=O)NC6=O)C7=O)CC5)C4)CC3)cc3ncn(C(C)C)c23)cc1C(=O)NC(C)C. The van der Waals surface area contributed by atoms with Crippen LogP contribution in [-0.2, 0) is 24.6 Å². The Kier molecular flexibility index (Phi) is 15.3. The average molecular weight is 1170 g/mol. The second-order valence-corrected chi connectivity index (χ2v) is 26.3. The summed E-state index contributed by atoms with van der Waals surface area (Å²) < 4.78 is 18.0. The van der Waals surface area contributed by atoms with Gasteiger partial charge in [0, 0.05) is 85.3 Å². The summed E-state index contributed by atoms with van der Waals surface area (Å²) in [5.74, 6) is -1.85. The number of hydrogen-bond acceptors (Lipinski definition) is 13. The van der Waals surface area contributed by atoms with Crippen molar-refractivity contribution in [3.63, 3.8) is 0 Å². The van der Waals surface area contributed by atoms with Gasteiger partial charge in [-0.1, -0.05) is 24.6 Å². The van der Waals surface area contributed by atoms with Crippen molar-refractivity contribution >= 4 is 75.3 Å². The van der Waals surface area contributed by atoms with Gasteiger partial charge in [0.1, 0.15) is 17.4 Å². The maximum atomic E-state index is 16.0. The molecular formula is C66H79FN12O7. The molecule has 13 rings (SSSR count). The molecular weight excluding hydrogens is 1090 g/mol. The fourth-order valence-corrected chi connectivity index (χ4v) is 15.4. The largest absolute Gasteiger partial charge is 0.382 e. The second-order valence-electron chi connectivity index (χ2n) is 26.3. The van der Waals surface area contributed by atoms with Crippen LogP contribution >= 0.6 is 0 Å². The number of rotatable bonds is 14. The number of pyridine rings is 1.